The van der Waals surface area contributed by atoms with Crippen LogP contribution in [-0.4, -0.2) is 56.3 Å². The molecule has 2 heterocycles. The zero-order chi connectivity index (χ0) is 30.5. The predicted molar refractivity (Wildman–Crippen MR) is 166 cm³/mol. The van der Waals surface area contributed by atoms with Crippen LogP contribution in [-0.2, 0) is 14.8 Å². The van der Waals surface area contributed by atoms with E-state index < -0.39 is 27.7 Å². The van der Waals surface area contributed by atoms with Crippen LogP contribution in [0.3, 0.4) is 0 Å². The molecule has 1 saturated heterocycles. The first-order chi connectivity index (χ1) is 19.8. The third kappa shape index (κ3) is 8.74. The second-order valence-electron chi connectivity index (χ2n) is 11.4. The molecule has 0 spiro atoms. The summed E-state index contributed by atoms with van der Waals surface area (Å²) < 4.78 is 34.9. The molecule has 5 N–H and O–H groups in total. The number of anilines is 2. The van der Waals surface area contributed by atoms with Crippen LogP contribution in [0.15, 0.2) is 53.6 Å². The van der Waals surface area contributed by atoms with E-state index in [0.29, 0.717) is 33.4 Å². The fraction of sp³-hybridized carbons (Fsp3) is 0.414. The molecule has 3 amide bonds. The lowest BCUT2D eigenvalue weighted by Crippen LogP contribution is -2.40. The maximum Gasteiger partial charge on any atom is 0.411 e. The molecule has 2 aromatic carbocycles. The number of hydrogen-bond acceptors (Lipinski definition) is 8. The van der Waals surface area contributed by atoms with Crippen molar-refractivity contribution >= 4 is 44.9 Å². The molecule has 0 radical (unpaired) electrons. The summed E-state index contributed by atoms with van der Waals surface area (Å²) in [5.74, 6) is 0. The molecule has 3 aromatic rings. The molecule has 0 bridgehead atoms. The number of ether oxygens (including phenoxy) is 1. The first kappa shape index (κ1) is 31.4. The van der Waals surface area contributed by atoms with Gasteiger partial charge in [-0.3, -0.25) is 5.32 Å². The van der Waals surface area contributed by atoms with Crippen molar-refractivity contribution in [2.75, 3.05) is 23.7 Å². The van der Waals surface area contributed by atoms with Crippen LogP contribution in [0.1, 0.15) is 47.5 Å². The number of hydrogen-bond donors (Lipinski definition) is 5. The predicted octanol–water partition coefficient (Wildman–Crippen LogP) is 5.38. The average Bonchev–Trinajstić information content (AvgIpc) is 3.59. The van der Waals surface area contributed by atoms with Crippen LogP contribution in [0, 0.1) is 0 Å². The summed E-state index contributed by atoms with van der Waals surface area (Å²) in [6, 6.07) is 11.8. The van der Waals surface area contributed by atoms with Gasteiger partial charge in [-0.25, -0.2) is 27.7 Å². The fourth-order valence-corrected chi connectivity index (χ4v) is 7.09. The van der Waals surface area contributed by atoms with Crippen LogP contribution in [0.2, 0.25) is 0 Å². The molecule has 13 heteroatoms. The van der Waals surface area contributed by atoms with Gasteiger partial charge < -0.3 is 20.7 Å². The van der Waals surface area contributed by atoms with E-state index in [1.54, 1.807) is 65.1 Å². The smallest absolute Gasteiger partial charge is 0.411 e. The number of nitrogens with zero attached hydrogens (tertiary/aromatic N) is 1. The molecule has 1 aliphatic rings. The number of sulfonamides is 1. The normalized spacial score (nSPS) is 15.4. The monoisotopic (exact) mass is 614 g/mol. The van der Waals surface area contributed by atoms with E-state index in [9.17, 15) is 18.0 Å². The second kappa shape index (κ2) is 13.2. The van der Waals surface area contributed by atoms with Gasteiger partial charge in [-0.2, -0.15) is 0 Å². The van der Waals surface area contributed by atoms with Crippen molar-refractivity contribution in [1.82, 2.24) is 20.3 Å². The molecule has 1 fully saturated rings. The molecule has 0 aliphatic carbocycles. The van der Waals surface area contributed by atoms with Gasteiger partial charge in [-0.1, -0.05) is 6.07 Å². The van der Waals surface area contributed by atoms with E-state index in [0.717, 1.165) is 24.9 Å². The van der Waals surface area contributed by atoms with Gasteiger partial charge >= 0.3 is 12.1 Å². The van der Waals surface area contributed by atoms with E-state index in [1.807, 2.05) is 12.1 Å². The summed E-state index contributed by atoms with van der Waals surface area (Å²) in [6.07, 6.45) is 2.94. The van der Waals surface area contributed by atoms with E-state index >= 15 is 0 Å². The first-order valence-electron chi connectivity index (χ1n) is 13.8. The summed E-state index contributed by atoms with van der Waals surface area (Å²) >= 11 is 1.34. The van der Waals surface area contributed by atoms with Gasteiger partial charge in [0.25, 0.3) is 0 Å². The molecule has 1 aliphatic heterocycles. The summed E-state index contributed by atoms with van der Waals surface area (Å²) in [5.41, 5.74) is 1.48. The van der Waals surface area contributed by atoms with Crippen molar-refractivity contribution in [3.63, 3.8) is 0 Å². The Morgan fingerprint density at radius 3 is 2.45 bits per heavy atom. The molecule has 1 atom stereocenters. The van der Waals surface area contributed by atoms with Crippen molar-refractivity contribution in [3.05, 3.63) is 48.7 Å². The van der Waals surface area contributed by atoms with Gasteiger partial charge in [0, 0.05) is 46.8 Å². The highest BCUT2D eigenvalue weighted by Gasteiger charge is 2.27. The van der Waals surface area contributed by atoms with Gasteiger partial charge in [0.2, 0.25) is 10.0 Å². The number of urea groups is 1. The number of thiazole rings is 1. The zero-order valence-corrected chi connectivity index (χ0v) is 26.0. The lowest BCUT2D eigenvalue weighted by molar-refractivity contribution is 0.130. The number of carbonyl (C=O) groups is 2. The highest BCUT2D eigenvalue weighted by molar-refractivity contribution is 7.89. The molecule has 4 rings (SSSR count). The number of amides is 3. The molecule has 226 valence electrons. The summed E-state index contributed by atoms with van der Waals surface area (Å²) in [5, 5.41) is 12.3. The zero-order valence-electron chi connectivity index (χ0n) is 24.4. The topological polar surface area (TPSA) is 151 Å². The van der Waals surface area contributed by atoms with E-state index in [-0.39, 0.29) is 17.0 Å². The number of aromatic nitrogens is 1. The number of carbonyl (C=O) groups excluding carboxylic acids is 2. The van der Waals surface area contributed by atoms with Crippen molar-refractivity contribution < 1.29 is 22.7 Å². The highest BCUT2D eigenvalue weighted by Crippen LogP contribution is 2.37. The third-order valence-electron chi connectivity index (χ3n) is 6.13. The van der Waals surface area contributed by atoms with Crippen LogP contribution in [0.4, 0.5) is 21.0 Å². The maximum atomic E-state index is 13.5. The minimum absolute atomic E-state index is 0.0334. The minimum atomic E-state index is -3.97. The standard InChI is InChI=1S/C29H38N6O5S2/c1-18(2)40-28(37)34-20-10-8-19(9-11-20)26-31-17-24(41-26)23-13-12-21(15-25(23)42(38,39)35-29(3,4)5)33-27(36)32-16-22-7-6-14-30-22/h8-13,15,17-18,22,30,35H,6-7,14,16H2,1-5H3,(H,34,37)(H2,32,33,36)/t22-/m1/s1. The molecule has 42 heavy (non-hydrogen) atoms. The number of rotatable bonds is 9. The van der Waals surface area contributed by atoms with Crippen LogP contribution < -0.4 is 26.0 Å². The molecule has 1 aromatic heterocycles. The fourth-order valence-electron chi connectivity index (χ4n) is 4.40. The van der Waals surface area contributed by atoms with E-state index in [1.165, 1.54) is 17.4 Å². The molecular formula is C29H38N6O5S2. The molecular weight excluding hydrogens is 576 g/mol. The Kier molecular flexibility index (Phi) is 9.87. The first-order valence-corrected chi connectivity index (χ1v) is 16.1. The van der Waals surface area contributed by atoms with Crippen molar-refractivity contribution in [2.24, 2.45) is 0 Å². The summed E-state index contributed by atoms with van der Waals surface area (Å²) in [7, 11) is -3.97. The average molecular weight is 615 g/mol. The van der Waals surface area contributed by atoms with E-state index in [2.05, 4.69) is 31.0 Å². The Balaban J connectivity index is 1.57. The molecule has 0 saturated carbocycles. The Morgan fingerprint density at radius 2 is 1.81 bits per heavy atom. The largest absolute Gasteiger partial charge is 0.447 e. The quantitative estimate of drug-likeness (QED) is 0.217. The van der Waals surface area contributed by atoms with Gasteiger partial charge in [-0.15, -0.1) is 11.3 Å². The summed E-state index contributed by atoms with van der Waals surface area (Å²) in [6.45, 7) is 10.3. The number of nitrogens with one attached hydrogen (secondary N) is 5. The number of benzene rings is 2. The van der Waals surface area contributed by atoms with Crippen LogP contribution in [0.5, 0.6) is 0 Å². The Hall–Kier alpha value is -3.52. The van der Waals surface area contributed by atoms with Crippen molar-refractivity contribution in [1.29, 1.82) is 0 Å². The Morgan fingerprint density at radius 1 is 1.10 bits per heavy atom. The molecule has 0 unspecified atom stereocenters. The molecule has 11 nitrogen and oxygen atoms in total. The lowest BCUT2D eigenvalue weighted by atomic mass is 10.1. The third-order valence-corrected chi connectivity index (χ3v) is 9.01. The van der Waals surface area contributed by atoms with Crippen molar-refractivity contribution in [2.45, 2.75) is 70.0 Å². The lowest BCUT2D eigenvalue weighted by Gasteiger charge is -2.22. The second-order valence-corrected chi connectivity index (χ2v) is 14.1. The Labute approximate surface area is 250 Å². The SMILES string of the molecule is CC(C)OC(=O)Nc1ccc(-c2ncc(-c3ccc(NC(=O)NC[C@H]4CCCN4)cc3S(=O)(=O)NC(C)(C)C)s2)cc1. The van der Waals surface area contributed by atoms with Gasteiger partial charge in [0.1, 0.15) is 5.01 Å². The summed E-state index contributed by atoms with van der Waals surface area (Å²) in [4.78, 5) is 29.6. The maximum absolute atomic E-state index is 13.5. The van der Waals surface area contributed by atoms with Crippen LogP contribution >= 0.6 is 11.3 Å². The van der Waals surface area contributed by atoms with Crippen LogP contribution in [0.25, 0.3) is 21.0 Å². The highest BCUT2D eigenvalue weighted by atomic mass is 32.2. The van der Waals surface area contributed by atoms with Crippen molar-refractivity contribution in [3.8, 4) is 21.0 Å². The van der Waals surface area contributed by atoms with Gasteiger partial charge in [-0.05, 0) is 90.4 Å². The van der Waals surface area contributed by atoms with Gasteiger partial charge in [0.05, 0.1) is 15.9 Å². The van der Waals surface area contributed by atoms with Gasteiger partial charge in [0.15, 0.2) is 0 Å². The van der Waals surface area contributed by atoms with E-state index in [4.69, 9.17) is 4.74 Å². The Bertz CT molecular complexity index is 1510. The minimum Gasteiger partial charge on any atom is -0.447 e.